The van der Waals surface area contributed by atoms with Crippen LogP contribution in [0.25, 0.3) is 5.69 Å². The van der Waals surface area contributed by atoms with Crippen LogP contribution >= 0.6 is 0 Å². The highest BCUT2D eigenvalue weighted by Crippen LogP contribution is 2.32. The van der Waals surface area contributed by atoms with Gasteiger partial charge in [-0.15, -0.1) is 0 Å². The van der Waals surface area contributed by atoms with Gasteiger partial charge >= 0.3 is 0 Å². The van der Waals surface area contributed by atoms with Gasteiger partial charge in [0.05, 0.1) is 23.6 Å². The average molecular weight is 433 g/mol. The molecule has 5 nitrogen and oxygen atoms in total. The van der Waals surface area contributed by atoms with E-state index >= 15 is 0 Å². The van der Waals surface area contributed by atoms with Gasteiger partial charge in [-0.2, -0.15) is 5.10 Å². The summed E-state index contributed by atoms with van der Waals surface area (Å²) in [7, 11) is 0. The van der Waals surface area contributed by atoms with E-state index in [0.717, 1.165) is 55.8 Å². The Morgan fingerprint density at radius 3 is 2.56 bits per heavy atom. The Morgan fingerprint density at radius 1 is 1.12 bits per heavy atom. The maximum atomic E-state index is 13.3. The lowest BCUT2D eigenvalue weighted by Crippen LogP contribution is -2.33. The molecular formula is C26H29FN4O. The highest BCUT2D eigenvalue weighted by atomic mass is 19.1. The normalized spacial score (nSPS) is 16.1. The molecule has 3 aromatic rings. The monoisotopic (exact) mass is 432 g/mol. The van der Waals surface area contributed by atoms with Crippen molar-refractivity contribution in [2.45, 2.75) is 45.8 Å². The number of carbonyl (C=O) groups is 1. The minimum atomic E-state index is -0.207. The van der Waals surface area contributed by atoms with Crippen LogP contribution in [0.4, 0.5) is 4.39 Å². The highest BCUT2D eigenvalue weighted by Gasteiger charge is 2.34. The van der Waals surface area contributed by atoms with Crippen molar-refractivity contribution in [2.75, 3.05) is 13.1 Å². The quantitative estimate of drug-likeness (QED) is 0.558. The first-order valence-electron chi connectivity index (χ1n) is 11.5. The van der Waals surface area contributed by atoms with E-state index in [0.29, 0.717) is 13.1 Å². The zero-order chi connectivity index (χ0) is 22.1. The lowest BCUT2D eigenvalue weighted by molar-refractivity contribution is -0.133. The number of nitrogens with zero attached hydrogens (tertiary/aromatic N) is 4. The van der Waals surface area contributed by atoms with Crippen molar-refractivity contribution in [3.8, 4) is 5.69 Å². The molecule has 6 heteroatoms. The van der Waals surface area contributed by atoms with E-state index in [2.05, 4.69) is 21.7 Å². The van der Waals surface area contributed by atoms with Crippen LogP contribution < -0.4 is 0 Å². The third-order valence-corrected chi connectivity index (χ3v) is 6.50. The number of aromatic nitrogens is 2. The molecular weight excluding hydrogens is 403 g/mol. The Labute approximate surface area is 188 Å². The number of para-hydroxylation sites is 1. The van der Waals surface area contributed by atoms with Gasteiger partial charge in [0, 0.05) is 44.1 Å². The second kappa shape index (κ2) is 8.87. The van der Waals surface area contributed by atoms with E-state index in [-0.39, 0.29) is 17.6 Å². The van der Waals surface area contributed by atoms with Crippen LogP contribution in [0.15, 0.2) is 54.6 Å². The summed E-state index contributed by atoms with van der Waals surface area (Å²) in [6.07, 6.45) is 2.91. The summed E-state index contributed by atoms with van der Waals surface area (Å²) in [4.78, 5) is 17.1. The van der Waals surface area contributed by atoms with Crippen LogP contribution in [0.1, 0.15) is 42.3 Å². The molecule has 32 heavy (non-hydrogen) atoms. The lowest BCUT2D eigenvalue weighted by Gasteiger charge is -2.28. The van der Waals surface area contributed by atoms with Gasteiger partial charge in [-0.05, 0) is 49.6 Å². The van der Waals surface area contributed by atoms with Crippen LogP contribution in [-0.2, 0) is 30.8 Å². The van der Waals surface area contributed by atoms with Crippen LogP contribution in [0.3, 0.4) is 0 Å². The van der Waals surface area contributed by atoms with Crippen molar-refractivity contribution in [3.63, 3.8) is 0 Å². The fraction of sp³-hybridized carbons (Fsp3) is 0.385. The van der Waals surface area contributed by atoms with E-state index in [9.17, 15) is 9.18 Å². The van der Waals surface area contributed by atoms with Crippen molar-refractivity contribution < 1.29 is 9.18 Å². The zero-order valence-corrected chi connectivity index (χ0v) is 18.5. The summed E-state index contributed by atoms with van der Waals surface area (Å²) in [5, 5.41) is 5.01. The molecule has 0 bridgehead atoms. The van der Waals surface area contributed by atoms with Crippen LogP contribution in [0.2, 0.25) is 0 Å². The lowest BCUT2D eigenvalue weighted by atomic mass is 10.0. The van der Waals surface area contributed by atoms with Gasteiger partial charge in [0.2, 0.25) is 5.91 Å². The Balaban J connectivity index is 1.44. The maximum Gasteiger partial charge on any atom is 0.226 e. The molecule has 0 N–H and O–H groups in total. The summed E-state index contributed by atoms with van der Waals surface area (Å²) in [5.74, 6) is 0.257. The largest absolute Gasteiger partial charge is 0.337 e. The van der Waals surface area contributed by atoms with Gasteiger partial charge in [-0.3, -0.25) is 9.69 Å². The van der Waals surface area contributed by atoms with Gasteiger partial charge in [-0.25, -0.2) is 9.07 Å². The van der Waals surface area contributed by atoms with Gasteiger partial charge in [0.15, 0.2) is 0 Å². The number of carbonyl (C=O) groups excluding carboxylic acids is 1. The molecule has 0 radical (unpaired) electrons. The molecule has 1 saturated carbocycles. The number of halogens is 1. The first-order valence-corrected chi connectivity index (χ1v) is 11.5. The first kappa shape index (κ1) is 20.9. The SMILES string of the molecule is CCN(Cc1nn(-c2ccccc2)c2c1CN(Cc1ccc(F)cc1)CC2)C(=O)C1CC1. The molecule has 166 valence electrons. The molecule has 0 unspecified atom stereocenters. The Bertz CT molecular complexity index is 1090. The van der Waals surface area contributed by atoms with Crippen molar-refractivity contribution >= 4 is 5.91 Å². The fourth-order valence-corrected chi connectivity index (χ4v) is 4.55. The molecule has 1 aliphatic carbocycles. The topological polar surface area (TPSA) is 41.4 Å². The summed E-state index contributed by atoms with van der Waals surface area (Å²) < 4.78 is 15.4. The second-order valence-electron chi connectivity index (χ2n) is 8.83. The third kappa shape index (κ3) is 4.32. The number of hydrogen-bond acceptors (Lipinski definition) is 3. The highest BCUT2D eigenvalue weighted by molar-refractivity contribution is 5.81. The minimum absolute atomic E-state index is 0.206. The number of amides is 1. The van der Waals surface area contributed by atoms with E-state index in [1.807, 2.05) is 42.2 Å². The van der Waals surface area contributed by atoms with E-state index < -0.39 is 0 Å². The maximum absolute atomic E-state index is 13.3. The molecule has 2 heterocycles. The Kier molecular flexibility index (Phi) is 5.79. The Morgan fingerprint density at radius 2 is 1.88 bits per heavy atom. The molecule has 2 aliphatic rings. The van der Waals surface area contributed by atoms with Crippen molar-refractivity contribution in [2.24, 2.45) is 5.92 Å². The van der Waals surface area contributed by atoms with Crippen LogP contribution in [-0.4, -0.2) is 38.6 Å². The predicted octanol–water partition coefficient (Wildman–Crippen LogP) is 4.33. The van der Waals surface area contributed by atoms with Crippen molar-refractivity contribution in [3.05, 3.63) is 82.9 Å². The standard InChI is InChI=1S/C26H29FN4O/c1-2-30(26(32)20-10-11-20)18-24-23-17-29(16-19-8-12-21(27)13-9-19)15-14-25(23)31(28-24)22-6-4-3-5-7-22/h3-9,12-13,20H,2,10-11,14-18H2,1H3. The smallest absolute Gasteiger partial charge is 0.226 e. The van der Waals surface area contributed by atoms with E-state index in [4.69, 9.17) is 5.10 Å². The minimum Gasteiger partial charge on any atom is -0.337 e. The first-order chi connectivity index (χ1) is 15.6. The molecule has 5 rings (SSSR count). The third-order valence-electron chi connectivity index (χ3n) is 6.50. The van der Waals surface area contributed by atoms with Crippen molar-refractivity contribution in [1.29, 1.82) is 0 Å². The predicted molar refractivity (Wildman–Crippen MR) is 122 cm³/mol. The van der Waals surface area contributed by atoms with Crippen LogP contribution in [0.5, 0.6) is 0 Å². The van der Waals surface area contributed by atoms with Gasteiger partial charge in [-0.1, -0.05) is 30.3 Å². The van der Waals surface area contributed by atoms with Crippen molar-refractivity contribution in [1.82, 2.24) is 19.6 Å². The summed E-state index contributed by atoms with van der Waals surface area (Å²) in [5.41, 5.74) is 5.61. The average Bonchev–Trinajstić information content (AvgIpc) is 3.61. The van der Waals surface area contributed by atoms with E-state index in [1.165, 1.54) is 23.4 Å². The van der Waals surface area contributed by atoms with E-state index in [1.54, 1.807) is 0 Å². The molecule has 0 spiro atoms. The molecule has 1 aliphatic heterocycles. The molecule has 0 saturated heterocycles. The summed E-state index contributed by atoms with van der Waals surface area (Å²) >= 11 is 0. The van der Waals surface area contributed by atoms with Gasteiger partial charge < -0.3 is 4.90 Å². The Hall–Kier alpha value is -2.99. The molecule has 2 aromatic carbocycles. The van der Waals surface area contributed by atoms with Gasteiger partial charge in [0.1, 0.15) is 5.82 Å². The van der Waals surface area contributed by atoms with Gasteiger partial charge in [0.25, 0.3) is 0 Å². The second-order valence-corrected chi connectivity index (χ2v) is 8.83. The number of rotatable bonds is 7. The summed E-state index contributed by atoms with van der Waals surface area (Å²) in [6, 6.07) is 17.0. The number of benzene rings is 2. The summed E-state index contributed by atoms with van der Waals surface area (Å²) in [6.45, 7) is 5.76. The molecule has 1 amide bonds. The molecule has 0 atom stereocenters. The molecule has 1 fully saturated rings. The molecule has 1 aromatic heterocycles. The fourth-order valence-electron chi connectivity index (χ4n) is 4.55. The number of hydrogen-bond donors (Lipinski definition) is 0. The number of fused-ring (bicyclic) bond motifs is 1. The zero-order valence-electron chi connectivity index (χ0n) is 18.5. The van der Waals surface area contributed by atoms with Crippen LogP contribution in [0, 0.1) is 11.7 Å².